The van der Waals surface area contributed by atoms with Crippen molar-refractivity contribution in [3.05, 3.63) is 71.0 Å². The maximum Gasteiger partial charge on any atom is 0.354 e. The van der Waals surface area contributed by atoms with E-state index in [4.69, 9.17) is 24.9 Å². The van der Waals surface area contributed by atoms with E-state index in [1.54, 1.807) is 68.5 Å². The average molecular weight is 402 g/mol. The third-order valence-electron chi connectivity index (χ3n) is 3.59. The molecule has 3 N–H and O–H groups in total. The molecular weight excluding hydrogens is 379 g/mol. The predicted molar refractivity (Wildman–Crippen MR) is 109 cm³/mol. The molecule has 0 saturated heterocycles. The number of hydrogen-bond donors (Lipinski definition) is 2. The molecule has 0 bridgehead atoms. The minimum atomic E-state index is -3.27. The Morgan fingerprint density at radius 1 is 1.00 bits per heavy atom. The van der Waals surface area contributed by atoms with Crippen molar-refractivity contribution in [1.82, 2.24) is 0 Å². The number of amidine groups is 1. The molecule has 148 valence electrons. The summed E-state index contributed by atoms with van der Waals surface area (Å²) in [6.45, 7) is 4.04. The lowest BCUT2D eigenvalue weighted by atomic mass is 10.1. The van der Waals surface area contributed by atoms with Crippen LogP contribution in [-0.4, -0.2) is 25.0 Å². The number of carbonyl (C=O) groups is 1. The second kappa shape index (κ2) is 9.99. The van der Waals surface area contributed by atoms with E-state index in [-0.39, 0.29) is 19.0 Å². The summed E-state index contributed by atoms with van der Waals surface area (Å²) in [5.74, 6) is 1.19. The second-order valence-electron chi connectivity index (χ2n) is 5.64. The van der Waals surface area contributed by atoms with Gasteiger partial charge in [-0.25, -0.2) is 4.79 Å². The van der Waals surface area contributed by atoms with Gasteiger partial charge in [0, 0.05) is 11.4 Å². The normalized spacial score (nSPS) is 11.5. The molecule has 0 saturated carbocycles. The number of nitrogens with two attached hydrogens (primary N) is 1. The van der Waals surface area contributed by atoms with Gasteiger partial charge in [-0.15, -0.1) is 0 Å². The molecule has 7 nitrogen and oxygen atoms in total. The Bertz CT molecular complexity index is 882. The van der Waals surface area contributed by atoms with Crippen LogP contribution in [0.1, 0.15) is 35.3 Å². The van der Waals surface area contributed by atoms with E-state index in [1.807, 2.05) is 0 Å². The molecule has 0 radical (unpaired) electrons. The average Bonchev–Trinajstić information content (AvgIpc) is 2.67. The van der Waals surface area contributed by atoms with Gasteiger partial charge in [0.05, 0.1) is 18.8 Å². The van der Waals surface area contributed by atoms with Crippen molar-refractivity contribution in [3.8, 4) is 5.75 Å². The zero-order valence-electron chi connectivity index (χ0n) is 15.8. The van der Waals surface area contributed by atoms with E-state index in [9.17, 15) is 9.36 Å². The Labute approximate surface area is 164 Å². The highest BCUT2D eigenvalue weighted by molar-refractivity contribution is 7.57. The number of nitrogens with one attached hydrogen (secondary N) is 1. The van der Waals surface area contributed by atoms with Gasteiger partial charge in [-0.3, -0.25) is 9.97 Å². The largest absolute Gasteiger partial charge is 0.423 e. The quantitative estimate of drug-likeness (QED) is 0.211. The van der Waals surface area contributed by atoms with Crippen molar-refractivity contribution in [1.29, 1.82) is 5.41 Å². The number of carbonyl (C=O) groups excluding carboxylic acids is 1. The van der Waals surface area contributed by atoms with E-state index < -0.39 is 13.6 Å². The van der Waals surface area contributed by atoms with Crippen LogP contribution >= 0.6 is 7.60 Å². The molecule has 0 aliphatic heterocycles. The molecule has 0 aromatic heterocycles. The number of nitrogen functional groups attached to an aromatic ring is 1. The van der Waals surface area contributed by atoms with Gasteiger partial charge < -0.3 is 19.5 Å². The molecule has 0 aliphatic rings. The number of rotatable bonds is 9. The number of ether oxygens (including phenoxy) is 1. The van der Waals surface area contributed by atoms with Gasteiger partial charge in [0.1, 0.15) is 11.6 Å². The summed E-state index contributed by atoms with van der Waals surface area (Å²) in [6, 6.07) is 13.0. The van der Waals surface area contributed by atoms with Crippen molar-refractivity contribution in [2.75, 3.05) is 13.2 Å². The Morgan fingerprint density at radius 2 is 1.54 bits per heavy atom. The molecule has 0 unspecified atom stereocenters. The van der Waals surface area contributed by atoms with Crippen molar-refractivity contribution >= 4 is 25.5 Å². The number of esters is 1. The molecule has 0 amide bonds. The van der Waals surface area contributed by atoms with Gasteiger partial charge in [0.2, 0.25) is 0 Å². The van der Waals surface area contributed by atoms with Gasteiger partial charge >= 0.3 is 13.6 Å². The van der Waals surface area contributed by atoms with Crippen molar-refractivity contribution < 1.29 is 23.1 Å². The Morgan fingerprint density at radius 3 is 2.04 bits per heavy atom. The van der Waals surface area contributed by atoms with Crippen LogP contribution in [-0.2, 0) is 13.6 Å². The Kier molecular flexibility index (Phi) is 7.70. The predicted octanol–water partition coefficient (Wildman–Crippen LogP) is 4.43. The van der Waals surface area contributed by atoms with Crippen LogP contribution in [0, 0.1) is 5.41 Å². The first-order chi connectivity index (χ1) is 13.4. The minimum absolute atomic E-state index is 0.0558. The lowest BCUT2D eigenvalue weighted by Crippen LogP contribution is -2.11. The van der Waals surface area contributed by atoms with Crippen LogP contribution < -0.4 is 10.5 Å². The zero-order valence-corrected chi connectivity index (χ0v) is 16.6. The number of hydrogen-bond acceptors (Lipinski definition) is 6. The van der Waals surface area contributed by atoms with Gasteiger partial charge in [-0.1, -0.05) is 12.1 Å². The summed E-state index contributed by atoms with van der Waals surface area (Å²) < 4.78 is 28.1. The van der Waals surface area contributed by atoms with Crippen LogP contribution in [0.2, 0.25) is 0 Å². The van der Waals surface area contributed by atoms with Crippen LogP contribution in [0.4, 0.5) is 0 Å². The van der Waals surface area contributed by atoms with E-state index in [2.05, 4.69) is 0 Å². The third-order valence-corrected chi connectivity index (χ3v) is 5.34. The molecule has 2 aromatic rings. The van der Waals surface area contributed by atoms with Gasteiger partial charge in [0.25, 0.3) is 0 Å². The fourth-order valence-electron chi connectivity index (χ4n) is 2.26. The smallest absolute Gasteiger partial charge is 0.354 e. The maximum absolute atomic E-state index is 12.4. The highest BCUT2D eigenvalue weighted by Gasteiger charge is 2.18. The lowest BCUT2D eigenvalue weighted by Gasteiger charge is -2.12. The van der Waals surface area contributed by atoms with E-state index in [0.29, 0.717) is 16.9 Å². The summed E-state index contributed by atoms with van der Waals surface area (Å²) in [5, 5.41) is 7.35. The lowest BCUT2D eigenvalue weighted by molar-refractivity contribution is 0.0734. The highest BCUT2D eigenvalue weighted by Crippen LogP contribution is 2.50. The summed E-state index contributed by atoms with van der Waals surface area (Å²) in [7, 11) is -3.27. The fourth-order valence-corrected chi connectivity index (χ4v) is 3.58. The standard InChI is InChI=1S/C20H23N2O5P/c1-3-25-28(24,26-4-2)14-13-15-5-7-17(8-6-15)20(23)27-18-11-9-16(10-12-18)19(21)22/h5-14H,3-4H2,1-2H3,(H3,21,22). The molecule has 0 heterocycles. The highest BCUT2D eigenvalue weighted by atomic mass is 31.2. The monoisotopic (exact) mass is 402 g/mol. The molecule has 2 aromatic carbocycles. The van der Waals surface area contributed by atoms with E-state index >= 15 is 0 Å². The molecule has 8 heteroatoms. The summed E-state index contributed by atoms with van der Waals surface area (Å²) in [6.07, 6.45) is 1.63. The Hall–Kier alpha value is -2.73. The van der Waals surface area contributed by atoms with Crippen molar-refractivity contribution in [2.24, 2.45) is 5.73 Å². The van der Waals surface area contributed by atoms with Gasteiger partial charge in [-0.05, 0) is 61.9 Å². The fraction of sp³-hybridized carbons (Fsp3) is 0.200. The van der Waals surface area contributed by atoms with Crippen molar-refractivity contribution in [2.45, 2.75) is 13.8 Å². The third kappa shape index (κ3) is 6.16. The molecule has 0 aliphatic carbocycles. The molecule has 0 spiro atoms. The maximum atomic E-state index is 12.4. The molecule has 0 fully saturated rings. The Balaban J connectivity index is 2.04. The SMILES string of the molecule is CCOP(=O)(C=Cc1ccc(C(=O)Oc2ccc(C(=N)N)cc2)cc1)OCC. The van der Waals surface area contributed by atoms with Crippen LogP contribution in [0.3, 0.4) is 0 Å². The summed E-state index contributed by atoms with van der Waals surface area (Å²) in [4.78, 5) is 12.2. The van der Waals surface area contributed by atoms with E-state index in [1.165, 1.54) is 5.82 Å². The first kappa shape index (κ1) is 21.6. The topological polar surface area (TPSA) is 112 Å². The second-order valence-corrected chi connectivity index (χ2v) is 7.53. The minimum Gasteiger partial charge on any atom is -0.423 e. The number of benzene rings is 2. The molecule has 2 rings (SSSR count). The van der Waals surface area contributed by atoms with Crippen LogP contribution in [0.25, 0.3) is 6.08 Å². The van der Waals surface area contributed by atoms with Gasteiger partial charge in [-0.2, -0.15) is 0 Å². The van der Waals surface area contributed by atoms with Gasteiger partial charge in [0.15, 0.2) is 0 Å². The van der Waals surface area contributed by atoms with Crippen LogP contribution in [0.5, 0.6) is 5.75 Å². The van der Waals surface area contributed by atoms with Crippen molar-refractivity contribution in [3.63, 3.8) is 0 Å². The molecule has 28 heavy (non-hydrogen) atoms. The molecular formula is C20H23N2O5P. The zero-order chi connectivity index (χ0) is 20.6. The first-order valence-electron chi connectivity index (χ1n) is 8.71. The van der Waals surface area contributed by atoms with Crippen LogP contribution in [0.15, 0.2) is 54.3 Å². The first-order valence-corrected chi connectivity index (χ1v) is 10.3. The summed E-state index contributed by atoms with van der Waals surface area (Å²) >= 11 is 0. The summed E-state index contributed by atoms with van der Waals surface area (Å²) in [5.41, 5.74) is 7.04. The molecule has 0 atom stereocenters. The van der Waals surface area contributed by atoms with E-state index in [0.717, 1.165) is 5.56 Å².